The molecule has 1 fully saturated rings. The molecule has 0 bridgehead atoms. The standard InChI is InChI=1S/C25H24N4O2/c1-29-14-13-26-24(29)23(17-9-11-18(31-2)12-10-17)28-25(30)20-15-22(16-7-8-16)27-21-6-4-3-5-19(20)21/h3-6,9-16,23H,7-8H2,1-2H3,(H,28,30). The summed E-state index contributed by atoms with van der Waals surface area (Å²) in [6.07, 6.45) is 5.89. The zero-order valence-corrected chi connectivity index (χ0v) is 17.6. The summed E-state index contributed by atoms with van der Waals surface area (Å²) in [6, 6.07) is 17.1. The van der Waals surface area contributed by atoms with E-state index in [0.717, 1.165) is 46.6 Å². The molecule has 1 unspecified atom stereocenters. The van der Waals surface area contributed by atoms with Crippen molar-refractivity contribution in [2.45, 2.75) is 24.8 Å². The minimum absolute atomic E-state index is 0.135. The van der Waals surface area contributed by atoms with Gasteiger partial charge in [-0.25, -0.2) is 4.98 Å². The van der Waals surface area contributed by atoms with Gasteiger partial charge in [-0.3, -0.25) is 9.78 Å². The first-order chi connectivity index (χ1) is 15.1. The number of hydrogen-bond acceptors (Lipinski definition) is 4. The number of ether oxygens (including phenoxy) is 1. The first-order valence-corrected chi connectivity index (χ1v) is 10.5. The van der Waals surface area contributed by atoms with Gasteiger partial charge in [0.25, 0.3) is 5.91 Å². The minimum atomic E-state index is -0.394. The molecule has 6 heteroatoms. The van der Waals surface area contributed by atoms with E-state index < -0.39 is 6.04 Å². The number of benzene rings is 2. The highest BCUT2D eigenvalue weighted by Crippen LogP contribution is 2.40. The summed E-state index contributed by atoms with van der Waals surface area (Å²) in [6.45, 7) is 0. The molecule has 4 aromatic rings. The van der Waals surface area contributed by atoms with Crippen LogP contribution >= 0.6 is 0 Å². The first-order valence-electron chi connectivity index (χ1n) is 10.5. The summed E-state index contributed by atoms with van der Waals surface area (Å²) in [5.41, 5.74) is 3.45. The van der Waals surface area contributed by atoms with Gasteiger partial charge in [-0.15, -0.1) is 0 Å². The number of para-hydroxylation sites is 1. The van der Waals surface area contributed by atoms with Crippen molar-refractivity contribution in [3.05, 3.63) is 89.6 Å². The number of nitrogens with one attached hydrogen (secondary N) is 1. The lowest BCUT2D eigenvalue weighted by Crippen LogP contribution is -2.31. The summed E-state index contributed by atoms with van der Waals surface area (Å²) < 4.78 is 7.21. The highest BCUT2D eigenvalue weighted by molar-refractivity contribution is 6.06. The number of hydrogen-bond donors (Lipinski definition) is 1. The van der Waals surface area contributed by atoms with Crippen molar-refractivity contribution < 1.29 is 9.53 Å². The van der Waals surface area contributed by atoms with E-state index in [1.165, 1.54) is 0 Å². The fourth-order valence-corrected chi connectivity index (χ4v) is 3.93. The molecule has 31 heavy (non-hydrogen) atoms. The van der Waals surface area contributed by atoms with Crippen LogP contribution in [-0.4, -0.2) is 27.6 Å². The van der Waals surface area contributed by atoms with Crippen molar-refractivity contribution in [2.24, 2.45) is 7.05 Å². The Labute approximate surface area is 180 Å². The van der Waals surface area contributed by atoms with E-state index in [9.17, 15) is 4.79 Å². The highest BCUT2D eigenvalue weighted by atomic mass is 16.5. The molecule has 6 nitrogen and oxygen atoms in total. The Kier molecular flexibility index (Phi) is 4.90. The van der Waals surface area contributed by atoms with Crippen molar-refractivity contribution in [1.29, 1.82) is 0 Å². The van der Waals surface area contributed by atoms with Crippen LogP contribution in [0.15, 0.2) is 67.0 Å². The fraction of sp³-hybridized carbons (Fsp3) is 0.240. The molecule has 2 aromatic heterocycles. The third-order valence-electron chi connectivity index (χ3n) is 5.82. The highest BCUT2D eigenvalue weighted by Gasteiger charge is 2.28. The maximum absolute atomic E-state index is 13.6. The molecule has 1 aliphatic carbocycles. The zero-order valence-electron chi connectivity index (χ0n) is 17.6. The van der Waals surface area contributed by atoms with E-state index in [0.29, 0.717) is 11.5 Å². The van der Waals surface area contributed by atoms with Gasteiger partial charge in [-0.1, -0.05) is 30.3 Å². The molecule has 0 radical (unpaired) electrons. The molecule has 5 rings (SSSR count). The number of methoxy groups -OCH3 is 1. The Hall–Kier alpha value is -3.67. The summed E-state index contributed by atoms with van der Waals surface area (Å²) in [5, 5.41) is 4.08. The van der Waals surface area contributed by atoms with Crippen LogP contribution in [0.5, 0.6) is 5.75 Å². The third kappa shape index (κ3) is 3.77. The van der Waals surface area contributed by atoms with E-state index in [-0.39, 0.29) is 5.91 Å². The summed E-state index contributed by atoms with van der Waals surface area (Å²) in [7, 11) is 3.57. The van der Waals surface area contributed by atoms with Gasteiger partial charge in [0.05, 0.1) is 18.2 Å². The second-order valence-corrected chi connectivity index (χ2v) is 7.96. The molecule has 0 spiro atoms. The molecule has 2 aromatic carbocycles. The molecule has 1 N–H and O–H groups in total. The van der Waals surface area contributed by atoms with Crippen LogP contribution in [0.2, 0.25) is 0 Å². The number of carbonyl (C=O) groups excluding carboxylic acids is 1. The number of fused-ring (bicyclic) bond motifs is 1. The Balaban J connectivity index is 1.55. The SMILES string of the molecule is COc1ccc(C(NC(=O)c2cc(C3CC3)nc3ccccc23)c2nccn2C)cc1. The lowest BCUT2D eigenvalue weighted by molar-refractivity contribution is 0.0942. The Morgan fingerprint density at radius 2 is 1.94 bits per heavy atom. The predicted octanol–water partition coefficient (Wildman–Crippen LogP) is 4.37. The first kappa shape index (κ1) is 19.3. The van der Waals surface area contributed by atoms with Gasteiger partial charge in [0, 0.05) is 36.4 Å². The largest absolute Gasteiger partial charge is 0.497 e. The van der Waals surface area contributed by atoms with E-state index in [2.05, 4.69) is 10.3 Å². The van der Waals surface area contributed by atoms with Crippen molar-refractivity contribution in [3.8, 4) is 5.75 Å². The van der Waals surface area contributed by atoms with Crippen LogP contribution < -0.4 is 10.1 Å². The van der Waals surface area contributed by atoms with Crippen LogP contribution in [0.1, 0.15) is 52.2 Å². The van der Waals surface area contributed by atoms with Crippen molar-refractivity contribution in [1.82, 2.24) is 19.9 Å². The number of nitrogens with zero attached hydrogens (tertiary/aromatic N) is 3. The van der Waals surface area contributed by atoms with Gasteiger partial charge in [0.2, 0.25) is 0 Å². The molecule has 1 saturated carbocycles. The van der Waals surface area contributed by atoms with Crippen LogP contribution in [0.4, 0.5) is 0 Å². The second-order valence-electron chi connectivity index (χ2n) is 7.96. The Bertz CT molecular complexity index is 1240. The van der Waals surface area contributed by atoms with E-state index >= 15 is 0 Å². The maximum Gasteiger partial charge on any atom is 0.252 e. The van der Waals surface area contributed by atoms with Gasteiger partial charge in [0.1, 0.15) is 17.6 Å². The van der Waals surface area contributed by atoms with Crippen LogP contribution in [0.25, 0.3) is 10.9 Å². The molecule has 156 valence electrons. The zero-order chi connectivity index (χ0) is 21.4. The van der Waals surface area contributed by atoms with E-state index in [4.69, 9.17) is 9.72 Å². The number of rotatable bonds is 6. The van der Waals surface area contributed by atoms with Gasteiger partial charge in [0.15, 0.2) is 0 Å². The van der Waals surface area contributed by atoms with Gasteiger partial charge in [-0.2, -0.15) is 0 Å². The predicted molar refractivity (Wildman–Crippen MR) is 119 cm³/mol. The Morgan fingerprint density at radius 3 is 2.61 bits per heavy atom. The molecule has 2 heterocycles. The lowest BCUT2D eigenvalue weighted by Gasteiger charge is -2.20. The average molecular weight is 412 g/mol. The molecular formula is C25H24N4O2. The Morgan fingerprint density at radius 1 is 1.16 bits per heavy atom. The molecule has 0 saturated heterocycles. The quantitative estimate of drug-likeness (QED) is 0.510. The normalized spacial score (nSPS) is 14.4. The van der Waals surface area contributed by atoms with Crippen molar-refractivity contribution >= 4 is 16.8 Å². The van der Waals surface area contributed by atoms with Gasteiger partial charge in [-0.05, 0) is 42.7 Å². The summed E-state index contributed by atoms with van der Waals surface area (Å²) in [5.74, 6) is 1.86. The smallest absolute Gasteiger partial charge is 0.252 e. The summed E-state index contributed by atoms with van der Waals surface area (Å²) >= 11 is 0. The van der Waals surface area contributed by atoms with Gasteiger partial charge >= 0.3 is 0 Å². The molecule has 1 amide bonds. The van der Waals surface area contributed by atoms with E-state index in [1.807, 2.05) is 72.4 Å². The number of carbonyl (C=O) groups is 1. The molecular weight excluding hydrogens is 388 g/mol. The van der Waals surface area contributed by atoms with Crippen molar-refractivity contribution in [3.63, 3.8) is 0 Å². The third-order valence-corrected chi connectivity index (χ3v) is 5.82. The topological polar surface area (TPSA) is 69.0 Å². The molecule has 1 aliphatic rings. The number of aromatic nitrogens is 3. The number of aryl methyl sites for hydroxylation is 1. The van der Waals surface area contributed by atoms with Crippen molar-refractivity contribution in [2.75, 3.05) is 7.11 Å². The number of pyridine rings is 1. The fourth-order valence-electron chi connectivity index (χ4n) is 3.93. The minimum Gasteiger partial charge on any atom is -0.497 e. The number of amides is 1. The van der Waals surface area contributed by atoms with Crippen LogP contribution in [0.3, 0.4) is 0 Å². The second kappa shape index (κ2) is 7.87. The maximum atomic E-state index is 13.6. The molecule has 0 aliphatic heterocycles. The monoisotopic (exact) mass is 412 g/mol. The summed E-state index contributed by atoms with van der Waals surface area (Å²) in [4.78, 5) is 22.9. The van der Waals surface area contributed by atoms with E-state index in [1.54, 1.807) is 13.3 Å². The van der Waals surface area contributed by atoms with Crippen LogP contribution in [0, 0.1) is 0 Å². The van der Waals surface area contributed by atoms with Gasteiger partial charge < -0.3 is 14.6 Å². The lowest BCUT2D eigenvalue weighted by atomic mass is 10.0. The average Bonchev–Trinajstić information content (AvgIpc) is 3.58. The number of imidazole rings is 1. The van der Waals surface area contributed by atoms with Crippen LogP contribution in [-0.2, 0) is 7.05 Å². The molecule has 1 atom stereocenters.